The second-order valence-electron chi connectivity index (χ2n) is 3.32. The van der Waals surface area contributed by atoms with Gasteiger partial charge >= 0.3 is 5.97 Å². The van der Waals surface area contributed by atoms with Gasteiger partial charge in [-0.15, -0.1) is 0 Å². The first-order chi connectivity index (χ1) is 8.02. The van der Waals surface area contributed by atoms with Gasteiger partial charge in [0.1, 0.15) is 5.03 Å². The van der Waals surface area contributed by atoms with E-state index in [0.29, 0.717) is 0 Å². The van der Waals surface area contributed by atoms with Gasteiger partial charge in [0, 0.05) is 5.56 Å². The smallest absolute Gasteiger partial charge is 0.336 e. The highest BCUT2D eigenvalue weighted by Crippen LogP contribution is 2.28. The second kappa shape index (κ2) is 4.03. The van der Waals surface area contributed by atoms with Crippen LogP contribution in [0.15, 0.2) is 29.3 Å². The molecule has 2 rings (SSSR count). The Kier molecular flexibility index (Phi) is 2.69. The number of rotatable bonds is 2. The lowest BCUT2D eigenvalue weighted by molar-refractivity contribution is -0.123. The number of amides is 2. The number of halogens is 1. The van der Waals surface area contributed by atoms with Crippen molar-refractivity contribution in [2.75, 3.05) is 0 Å². The van der Waals surface area contributed by atoms with E-state index in [9.17, 15) is 14.4 Å². The lowest BCUT2D eigenvalue weighted by Gasteiger charge is -2.04. The number of imide groups is 1. The Labute approximate surface area is 101 Å². The zero-order valence-electron chi connectivity index (χ0n) is 8.36. The molecule has 1 aromatic rings. The Bertz CT molecular complexity index is 577. The van der Waals surface area contributed by atoms with Gasteiger partial charge in [0.25, 0.3) is 11.8 Å². The zero-order chi connectivity index (χ0) is 12.6. The molecule has 5 nitrogen and oxygen atoms in total. The van der Waals surface area contributed by atoms with E-state index in [2.05, 4.69) is 0 Å². The first-order valence-corrected chi connectivity index (χ1v) is 4.98. The molecule has 0 saturated carbocycles. The number of nitrogens with one attached hydrogen (secondary N) is 1. The topological polar surface area (TPSA) is 83.5 Å². The number of carbonyl (C=O) groups excluding carboxylic acids is 2. The third-order valence-electron chi connectivity index (χ3n) is 2.30. The third kappa shape index (κ3) is 1.81. The van der Waals surface area contributed by atoms with Gasteiger partial charge in [-0.3, -0.25) is 14.9 Å². The highest BCUT2D eigenvalue weighted by molar-refractivity contribution is 6.55. The maximum absolute atomic E-state index is 11.5. The van der Waals surface area contributed by atoms with Crippen LogP contribution in [0, 0.1) is 0 Å². The Morgan fingerprint density at radius 1 is 1.18 bits per heavy atom. The van der Waals surface area contributed by atoms with Gasteiger partial charge in [-0.05, 0) is 6.07 Å². The number of hydrogen-bond donors (Lipinski definition) is 2. The third-order valence-corrected chi connectivity index (χ3v) is 2.66. The summed E-state index contributed by atoms with van der Waals surface area (Å²) in [5.74, 6) is -2.59. The molecule has 2 amide bonds. The first-order valence-electron chi connectivity index (χ1n) is 4.60. The highest BCUT2D eigenvalue weighted by Gasteiger charge is 2.32. The van der Waals surface area contributed by atoms with Crippen LogP contribution in [0.2, 0.25) is 0 Å². The zero-order valence-corrected chi connectivity index (χ0v) is 9.12. The van der Waals surface area contributed by atoms with Gasteiger partial charge in [-0.1, -0.05) is 29.8 Å². The van der Waals surface area contributed by atoms with Crippen molar-refractivity contribution in [3.8, 4) is 0 Å². The molecule has 86 valence electrons. The summed E-state index contributed by atoms with van der Waals surface area (Å²) in [5, 5.41) is 10.7. The van der Waals surface area contributed by atoms with Gasteiger partial charge in [-0.25, -0.2) is 4.79 Å². The van der Waals surface area contributed by atoms with Gasteiger partial charge < -0.3 is 5.11 Å². The molecule has 2 N–H and O–H groups in total. The van der Waals surface area contributed by atoms with Crippen molar-refractivity contribution in [3.05, 3.63) is 40.4 Å². The van der Waals surface area contributed by atoms with E-state index >= 15 is 0 Å². The number of hydrogen-bond acceptors (Lipinski definition) is 3. The quantitative estimate of drug-likeness (QED) is 0.768. The number of aromatic carboxylic acids is 1. The van der Waals surface area contributed by atoms with Crippen molar-refractivity contribution in [1.82, 2.24) is 5.32 Å². The van der Waals surface area contributed by atoms with Crippen LogP contribution in [0.4, 0.5) is 0 Å². The van der Waals surface area contributed by atoms with Crippen molar-refractivity contribution in [2.24, 2.45) is 0 Å². The van der Waals surface area contributed by atoms with E-state index in [1.165, 1.54) is 18.2 Å². The molecule has 0 spiro atoms. The summed E-state index contributed by atoms with van der Waals surface area (Å²) in [6, 6.07) is 5.86. The van der Waals surface area contributed by atoms with Gasteiger partial charge in [0.2, 0.25) is 0 Å². The van der Waals surface area contributed by atoms with Crippen LogP contribution < -0.4 is 5.32 Å². The van der Waals surface area contributed by atoms with E-state index in [0.717, 1.165) is 0 Å². The SMILES string of the molecule is O=C1NC(=O)C(c2ccccc2C(=O)O)=C1Cl. The summed E-state index contributed by atoms with van der Waals surface area (Å²) in [7, 11) is 0. The molecular formula is C11H6ClNO4. The minimum atomic E-state index is -1.19. The summed E-state index contributed by atoms with van der Waals surface area (Å²) in [6.45, 7) is 0. The van der Waals surface area contributed by atoms with Crippen LogP contribution in [0.1, 0.15) is 15.9 Å². The Balaban J connectivity index is 2.66. The number of carbonyl (C=O) groups is 3. The number of carboxylic acid groups (broad SMARTS) is 1. The molecule has 0 aromatic heterocycles. The minimum absolute atomic E-state index is 0.0782. The van der Waals surface area contributed by atoms with Crippen molar-refractivity contribution < 1.29 is 19.5 Å². The molecule has 0 radical (unpaired) electrons. The summed E-state index contributed by atoms with van der Waals surface area (Å²) >= 11 is 5.69. The lowest BCUT2D eigenvalue weighted by Crippen LogP contribution is -2.22. The second-order valence-corrected chi connectivity index (χ2v) is 3.70. The highest BCUT2D eigenvalue weighted by atomic mass is 35.5. The van der Waals surface area contributed by atoms with E-state index in [4.69, 9.17) is 16.7 Å². The predicted octanol–water partition coefficient (Wildman–Crippen LogP) is 0.991. The maximum atomic E-state index is 11.5. The molecule has 0 saturated heterocycles. The van der Waals surface area contributed by atoms with E-state index in [-0.39, 0.29) is 21.7 Å². The fourth-order valence-electron chi connectivity index (χ4n) is 1.56. The normalized spacial score (nSPS) is 15.1. The summed E-state index contributed by atoms with van der Waals surface area (Å²) in [5.41, 5.74) is -0.0477. The van der Waals surface area contributed by atoms with Crippen molar-refractivity contribution in [2.45, 2.75) is 0 Å². The maximum Gasteiger partial charge on any atom is 0.336 e. The average molecular weight is 252 g/mol. The molecule has 0 fully saturated rings. The predicted molar refractivity (Wildman–Crippen MR) is 59.3 cm³/mol. The van der Waals surface area contributed by atoms with E-state index in [1.54, 1.807) is 6.07 Å². The van der Waals surface area contributed by atoms with Crippen LogP contribution in [0.3, 0.4) is 0 Å². The fourth-order valence-corrected chi connectivity index (χ4v) is 1.80. The van der Waals surface area contributed by atoms with Crippen molar-refractivity contribution >= 4 is 35.0 Å². The van der Waals surface area contributed by atoms with Crippen LogP contribution in [0.25, 0.3) is 5.57 Å². The van der Waals surface area contributed by atoms with Gasteiger partial charge in [0.15, 0.2) is 0 Å². The van der Waals surface area contributed by atoms with Crippen LogP contribution in [-0.4, -0.2) is 22.9 Å². The molecule has 1 aromatic carbocycles. The molecule has 0 unspecified atom stereocenters. The Morgan fingerprint density at radius 2 is 1.82 bits per heavy atom. The summed E-state index contributed by atoms with van der Waals surface area (Å²) in [4.78, 5) is 33.7. The molecule has 0 aliphatic carbocycles. The number of carboxylic acids is 1. The van der Waals surface area contributed by atoms with Gasteiger partial charge in [0.05, 0.1) is 11.1 Å². The molecule has 6 heteroatoms. The standard InChI is InChI=1S/C11H6ClNO4/c12-8-7(9(14)13-10(8)15)5-3-1-2-4-6(5)11(16)17/h1-4H,(H,16,17)(H,13,14,15). The average Bonchev–Trinajstić information content (AvgIpc) is 2.53. The van der Waals surface area contributed by atoms with Crippen LogP contribution in [-0.2, 0) is 9.59 Å². The van der Waals surface area contributed by atoms with Crippen molar-refractivity contribution in [1.29, 1.82) is 0 Å². The number of benzene rings is 1. The summed E-state index contributed by atoms with van der Waals surface area (Å²) in [6.07, 6.45) is 0. The molecular weight excluding hydrogens is 246 g/mol. The molecule has 0 atom stereocenters. The Hall–Kier alpha value is -2.14. The monoisotopic (exact) mass is 251 g/mol. The molecule has 17 heavy (non-hydrogen) atoms. The Morgan fingerprint density at radius 3 is 2.35 bits per heavy atom. The van der Waals surface area contributed by atoms with Crippen LogP contribution in [0.5, 0.6) is 0 Å². The lowest BCUT2D eigenvalue weighted by atomic mass is 10.00. The molecule has 1 heterocycles. The summed E-state index contributed by atoms with van der Waals surface area (Å²) < 4.78 is 0. The molecule has 0 bridgehead atoms. The van der Waals surface area contributed by atoms with E-state index < -0.39 is 17.8 Å². The minimum Gasteiger partial charge on any atom is -0.478 e. The van der Waals surface area contributed by atoms with Gasteiger partial charge in [-0.2, -0.15) is 0 Å². The van der Waals surface area contributed by atoms with Crippen molar-refractivity contribution in [3.63, 3.8) is 0 Å². The van der Waals surface area contributed by atoms with E-state index in [1.807, 2.05) is 5.32 Å². The van der Waals surface area contributed by atoms with Crippen LogP contribution >= 0.6 is 11.6 Å². The first kappa shape index (κ1) is 11.3. The molecule has 1 aliphatic rings. The fraction of sp³-hybridized carbons (Fsp3) is 0. The molecule has 1 aliphatic heterocycles. The largest absolute Gasteiger partial charge is 0.478 e.